The molecule has 0 amide bonds. The van der Waals surface area contributed by atoms with Crippen molar-refractivity contribution in [2.45, 2.75) is 6.55 Å². The average Bonchev–Trinajstić information content (AvgIpc) is 1.37. The van der Waals surface area contributed by atoms with Crippen molar-refractivity contribution in [1.82, 2.24) is 0 Å². The Bertz CT molecular complexity index is 20.0. The molecule has 0 aliphatic carbocycles. The molecule has 4 heavy (non-hydrogen) atoms. The van der Waals surface area contributed by atoms with Crippen molar-refractivity contribution in [3.63, 3.8) is 0 Å². The Morgan fingerprint density at radius 2 is 2.25 bits per heavy atom. The lowest BCUT2D eigenvalue weighted by atomic mass is 11.9. The standard InChI is InChI=1S/C2H5OSi/c1-3-4-2/h1H2,2H3/q+1. The summed E-state index contributed by atoms with van der Waals surface area (Å²) in [6.07, 6.45) is 0. The fraction of sp³-hybridized carbons (Fsp3) is 0.500. The zero-order chi connectivity index (χ0) is 3.41. The van der Waals surface area contributed by atoms with Crippen molar-refractivity contribution in [2.75, 3.05) is 0 Å². The largest absolute Gasteiger partial charge is 0.695 e. The first kappa shape index (κ1) is 3.89. The maximum absolute atomic E-state index is 4.32. The first-order valence-electron chi connectivity index (χ1n) is 0.993. The summed E-state index contributed by atoms with van der Waals surface area (Å²) in [7, 11) is 0.529. The summed E-state index contributed by atoms with van der Waals surface area (Å²) in [6.45, 7) is 5.04. The van der Waals surface area contributed by atoms with Gasteiger partial charge in [-0.15, -0.1) is 0 Å². The second-order valence-electron chi connectivity index (χ2n) is 0.348. The molecule has 0 rings (SSSR count). The summed E-state index contributed by atoms with van der Waals surface area (Å²) in [6, 6.07) is 0. The molecule has 0 N–H and O–H groups in total. The topological polar surface area (TPSA) is 11.3 Å². The van der Waals surface area contributed by atoms with Gasteiger partial charge in [0.05, 0.1) is 0 Å². The van der Waals surface area contributed by atoms with Crippen LogP contribution < -0.4 is 0 Å². The molecule has 0 saturated carbocycles. The molecule has 0 aliphatic rings. The van der Waals surface area contributed by atoms with E-state index in [4.69, 9.17) is 0 Å². The van der Waals surface area contributed by atoms with Crippen LogP contribution in [0.25, 0.3) is 0 Å². The Kier molecular flexibility index (Phi) is 2.81. The van der Waals surface area contributed by atoms with Crippen molar-refractivity contribution >= 4 is 16.6 Å². The zero-order valence-electron chi connectivity index (χ0n) is 2.62. The molecule has 0 saturated heterocycles. The van der Waals surface area contributed by atoms with Gasteiger partial charge in [-0.25, -0.2) is 0 Å². The smallest absolute Gasteiger partial charge is 0.372 e. The lowest BCUT2D eigenvalue weighted by Crippen LogP contribution is -1.72. The van der Waals surface area contributed by atoms with Gasteiger partial charge in [-0.3, -0.25) is 0 Å². The Labute approximate surface area is 28.3 Å². The molecule has 0 aromatic rings. The second kappa shape index (κ2) is 2.89. The molecule has 2 heteroatoms. The summed E-state index contributed by atoms with van der Waals surface area (Å²) >= 11 is 0. The van der Waals surface area contributed by atoms with E-state index in [9.17, 15) is 0 Å². The minimum Gasteiger partial charge on any atom is -0.372 e. The number of hydrogen-bond acceptors (Lipinski definition) is 0. The van der Waals surface area contributed by atoms with Crippen LogP contribution in [0.5, 0.6) is 0 Å². The predicted octanol–water partition coefficient (Wildman–Crippen LogP) is 0.0181. The van der Waals surface area contributed by atoms with Gasteiger partial charge in [0, 0.05) is 6.55 Å². The molecule has 0 aromatic carbocycles. The number of carbonyl (C=O) groups excluding carboxylic acids is 1. The van der Waals surface area contributed by atoms with E-state index in [1.54, 1.807) is 0 Å². The van der Waals surface area contributed by atoms with E-state index in [2.05, 4.69) is 10.9 Å². The molecule has 0 heterocycles. The van der Waals surface area contributed by atoms with Crippen LogP contribution >= 0.6 is 0 Å². The number of rotatable bonds is 1. The van der Waals surface area contributed by atoms with Crippen LogP contribution in [-0.2, 0) is 4.11 Å². The molecule has 0 aliphatic heterocycles. The van der Waals surface area contributed by atoms with Crippen molar-refractivity contribution in [3.05, 3.63) is 0 Å². The van der Waals surface area contributed by atoms with Gasteiger partial charge in [0.25, 0.3) is 0 Å². The Morgan fingerprint density at radius 3 is 2.25 bits per heavy atom. The fourth-order valence-corrected chi connectivity index (χ4v) is 0. The van der Waals surface area contributed by atoms with Gasteiger partial charge in [-0.1, -0.05) is 0 Å². The van der Waals surface area contributed by atoms with E-state index in [1.807, 2.05) is 6.55 Å². The molecule has 1 nitrogen and oxygen atoms in total. The van der Waals surface area contributed by atoms with Gasteiger partial charge in [0.15, 0.2) is 0 Å². The highest BCUT2D eigenvalue weighted by Crippen LogP contribution is 1.35. The quantitative estimate of drug-likeness (QED) is 0.306. The lowest BCUT2D eigenvalue weighted by molar-refractivity contribution is -0.270. The van der Waals surface area contributed by atoms with Crippen LogP contribution in [0.3, 0.4) is 0 Å². The Morgan fingerprint density at radius 1 is 2.00 bits per heavy atom. The van der Waals surface area contributed by atoms with Gasteiger partial charge < -0.3 is 4.11 Å². The van der Waals surface area contributed by atoms with Crippen LogP contribution in [-0.4, -0.2) is 16.6 Å². The molecule has 0 aromatic heterocycles. The number of hydrogen-bond donors (Lipinski definition) is 0. The maximum Gasteiger partial charge on any atom is 0.695 e. The first-order valence-corrected chi connectivity index (χ1v) is 2.40. The normalized spacial score (nSPS) is 6.25. The van der Waals surface area contributed by atoms with Gasteiger partial charge in [0.2, 0.25) is 6.79 Å². The minimum atomic E-state index is 0.529. The van der Waals surface area contributed by atoms with Crippen LogP contribution in [0.15, 0.2) is 0 Å². The second-order valence-corrected chi connectivity index (χ2v) is 1.05. The molecule has 0 atom stereocenters. The van der Waals surface area contributed by atoms with Gasteiger partial charge in [0.1, 0.15) is 0 Å². The van der Waals surface area contributed by atoms with Crippen LogP contribution in [0.4, 0.5) is 0 Å². The van der Waals surface area contributed by atoms with E-state index >= 15 is 0 Å². The molecule has 22 valence electrons. The Balaban J connectivity index is 2.30. The van der Waals surface area contributed by atoms with Gasteiger partial charge in [-0.05, 0) is 0 Å². The third-order valence-electron chi connectivity index (χ3n) is 0.144. The predicted molar refractivity (Wildman–Crippen MR) is 18.7 cm³/mol. The van der Waals surface area contributed by atoms with E-state index in [0.29, 0.717) is 9.76 Å². The molecular weight excluding hydrogens is 68.1 g/mol. The third kappa shape index (κ3) is 1.89. The maximum atomic E-state index is 4.32. The summed E-state index contributed by atoms with van der Waals surface area (Å²) in [5.74, 6) is 0. The molecule has 0 unspecified atom stereocenters. The summed E-state index contributed by atoms with van der Waals surface area (Å²) in [5.41, 5.74) is 0. The summed E-state index contributed by atoms with van der Waals surface area (Å²) in [4.78, 5) is 0. The van der Waals surface area contributed by atoms with Crippen molar-refractivity contribution < 1.29 is 4.11 Å². The van der Waals surface area contributed by atoms with Crippen molar-refractivity contribution in [3.8, 4) is 0 Å². The molecular formula is C2H5OSi+. The van der Waals surface area contributed by atoms with Crippen LogP contribution in [0.1, 0.15) is 0 Å². The monoisotopic (exact) mass is 73.0 g/mol. The SMILES string of the molecule is C=[O+][Si]C. The van der Waals surface area contributed by atoms with Gasteiger partial charge in [-0.2, -0.15) is 0 Å². The molecule has 2 radical (unpaired) electrons. The van der Waals surface area contributed by atoms with Crippen molar-refractivity contribution in [2.24, 2.45) is 0 Å². The first-order chi connectivity index (χ1) is 1.91. The van der Waals surface area contributed by atoms with E-state index < -0.39 is 0 Å². The molecule has 0 fully saturated rings. The zero-order valence-corrected chi connectivity index (χ0v) is 3.62. The molecule has 0 bridgehead atoms. The Hall–Kier alpha value is -0.113. The lowest BCUT2D eigenvalue weighted by Gasteiger charge is -1.40. The highest BCUT2D eigenvalue weighted by atomic mass is 28.2. The minimum absolute atomic E-state index is 0.529. The van der Waals surface area contributed by atoms with Crippen molar-refractivity contribution in [1.29, 1.82) is 0 Å². The van der Waals surface area contributed by atoms with E-state index in [0.717, 1.165) is 0 Å². The highest BCUT2D eigenvalue weighted by molar-refractivity contribution is 6.21. The van der Waals surface area contributed by atoms with E-state index in [1.165, 1.54) is 0 Å². The molecule has 0 spiro atoms. The van der Waals surface area contributed by atoms with E-state index in [-0.39, 0.29) is 0 Å². The summed E-state index contributed by atoms with van der Waals surface area (Å²) in [5, 5.41) is 0. The van der Waals surface area contributed by atoms with Crippen LogP contribution in [0.2, 0.25) is 6.55 Å². The van der Waals surface area contributed by atoms with Crippen LogP contribution in [0, 0.1) is 0 Å². The van der Waals surface area contributed by atoms with Gasteiger partial charge >= 0.3 is 9.76 Å². The average molecular weight is 73.1 g/mol. The highest BCUT2D eigenvalue weighted by Gasteiger charge is 1.80. The third-order valence-corrected chi connectivity index (χ3v) is 0.433. The fourth-order valence-electron chi connectivity index (χ4n) is 0. The summed E-state index contributed by atoms with van der Waals surface area (Å²) < 4.78 is 4.32.